The summed E-state index contributed by atoms with van der Waals surface area (Å²) < 4.78 is 5.48. The van der Waals surface area contributed by atoms with Crippen LogP contribution in [0, 0.1) is 0 Å². The highest BCUT2D eigenvalue weighted by Crippen LogP contribution is 2.28. The van der Waals surface area contributed by atoms with Crippen LogP contribution in [0.15, 0.2) is 18.2 Å². The van der Waals surface area contributed by atoms with Gasteiger partial charge < -0.3 is 15.8 Å². The number of para-hydroxylation sites is 1. The molecule has 1 rings (SSSR count). The standard InChI is InChI=1S/C13H19ClN2O2/c1-2-8-16-12(17)9-18-13-10(6-7-15)4-3-5-11(13)14/h3-5H,2,6-9,15H2,1H3,(H,16,17). The third-order valence-corrected chi connectivity index (χ3v) is 2.68. The average molecular weight is 271 g/mol. The van der Waals surface area contributed by atoms with Crippen LogP contribution < -0.4 is 15.8 Å². The first kappa shape index (κ1) is 14.8. The van der Waals surface area contributed by atoms with E-state index in [9.17, 15) is 4.79 Å². The van der Waals surface area contributed by atoms with Gasteiger partial charge in [0.2, 0.25) is 0 Å². The van der Waals surface area contributed by atoms with Gasteiger partial charge >= 0.3 is 0 Å². The lowest BCUT2D eigenvalue weighted by atomic mass is 10.1. The van der Waals surface area contributed by atoms with E-state index in [-0.39, 0.29) is 12.5 Å². The van der Waals surface area contributed by atoms with Gasteiger partial charge in [0, 0.05) is 6.54 Å². The molecule has 1 aromatic rings. The second-order valence-corrected chi connectivity index (χ2v) is 4.31. The number of nitrogens with two attached hydrogens (primary N) is 1. The fraction of sp³-hybridized carbons (Fsp3) is 0.462. The van der Waals surface area contributed by atoms with Gasteiger partial charge in [0.15, 0.2) is 6.61 Å². The minimum atomic E-state index is -0.143. The van der Waals surface area contributed by atoms with Crippen molar-refractivity contribution in [2.24, 2.45) is 5.73 Å². The number of carbonyl (C=O) groups excluding carboxylic acids is 1. The molecular formula is C13H19ClN2O2. The highest BCUT2D eigenvalue weighted by Gasteiger charge is 2.09. The van der Waals surface area contributed by atoms with Crippen molar-refractivity contribution in [2.75, 3.05) is 19.7 Å². The minimum absolute atomic E-state index is 0.0265. The number of ether oxygens (including phenoxy) is 1. The van der Waals surface area contributed by atoms with E-state index >= 15 is 0 Å². The van der Waals surface area contributed by atoms with Crippen LogP contribution in [0.5, 0.6) is 5.75 Å². The van der Waals surface area contributed by atoms with Gasteiger partial charge in [-0.1, -0.05) is 30.7 Å². The Bertz CT molecular complexity index is 397. The molecule has 18 heavy (non-hydrogen) atoms. The number of benzene rings is 1. The molecule has 0 spiro atoms. The second kappa shape index (κ2) is 7.95. The summed E-state index contributed by atoms with van der Waals surface area (Å²) in [7, 11) is 0. The zero-order chi connectivity index (χ0) is 13.4. The molecule has 3 N–H and O–H groups in total. The van der Waals surface area contributed by atoms with Crippen molar-refractivity contribution >= 4 is 17.5 Å². The second-order valence-electron chi connectivity index (χ2n) is 3.91. The summed E-state index contributed by atoms with van der Waals surface area (Å²) >= 11 is 6.06. The van der Waals surface area contributed by atoms with E-state index < -0.39 is 0 Å². The van der Waals surface area contributed by atoms with Crippen LogP contribution in [0.25, 0.3) is 0 Å². The van der Waals surface area contributed by atoms with E-state index in [0.29, 0.717) is 30.3 Å². The Morgan fingerprint density at radius 1 is 1.50 bits per heavy atom. The zero-order valence-corrected chi connectivity index (χ0v) is 11.3. The molecule has 0 aromatic heterocycles. The molecule has 0 unspecified atom stereocenters. The molecule has 0 aliphatic carbocycles. The van der Waals surface area contributed by atoms with E-state index in [2.05, 4.69) is 5.32 Å². The molecule has 1 amide bonds. The smallest absolute Gasteiger partial charge is 0.257 e. The normalized spacial score (nSPS) is 10.2. The molecule has 0 fully saturated rings. The summed E-state index contributed by atoms with van der Waals surface area (Å²) in [6.45, 7) is 3.13. The number of carbonyl (C=O) groups is 1. The number of amides is 1. The molecule has 0 radical (unpaired) electrons. The molecule has 4 nitrogen and oxygen atoms in total. The Hall–Kier alpha value is -1.26. The maximum absolute atomic E-state index is 11.5. The summed E-state index contributed by atoms with van der Waals surface area (Å²) in [5, 5.41) is 3.25. The first-order valence-electron chi connectivity index (χ1n) is 6.06. The number of rotatable bonds is 7. The van der Waals surface area contributed by atoms with Gasteiger partial charge in [-0.2, -0.15) is 0 Å². The topological polar surface area (TPSA) is 64.3 Å². The van der Waals surface area contributed by atoms with Crippen molar-refractivity contribution < 1.29 is 9.53 Å². The predicted octanol–water partition coefficient (Wildman–Crippen LogP) is 1.75. The fourth-order valence-corrected chi connectivity index (χ4v) is 1.77. The van der Waals surface area contributed by atoms with Crippen molar-refractivity contribution in [3.8, 4) is 5.75 Å². The van der Waals surface area contributed by atoms with Gasteiger partial charge in [-0.15, -0.1) is 0 Å². The number of nitrogens with one attached hydrogen (secondary N) is 1. The number of hydrogen-bond acceptors (Lipinski definition) is 3. The van der Waals surface area contributed by atoms with Crippen LogP contribution in [0.4, 0.5) is 0 Å². The molecule has 1 aromatic carbocycles. The minimum Gasteiger partial charge on any atom is -0.482 e. The summed E-state index contributed by atoms with van der Waals surface area (Å²) in [6, 6.07) is 5.48. The molecule has 0 saturated carbocycles. The monoisotopic (exact) mass is 270 g/mol. The van der Waals surface area contributed by atoms with Gasteiger partial charge in [0.25, 0.3) is 5.91 Å². The number of halogens is 1. The van der Waals surface area contributed by atoms with Crippen LogP contribution in [-0.4, -0.2) is 25.6 Å². The van der Waals surface area contributed by atoms with Crippen LogP contribution in [0.3, 0.4) is 0 Å². The van der Waals surface area contributed by atoms with Gasteiger partial charge in [0.1, 0.15) is 5.75 Å². The summed E-state index contributed by atoms with van der Waals surface area (Å²) in [5.74, 6) is 0.409. The van der Waals surface area contributed by atoms with E-state index in [1.54, 1.807) is 6.07 Å². The van der Waals surface area contributed by atoms with Gasteiger partial charge in [-0.3, -0.25) is 4.79 Å². The molecule has 0 bridgehead atoms. The lowest BCUT2D eigenvalue weighted by Crippen LogP contribution is -2.29. The molecule has 0 aliphatic heterocycles. The van der Waals surface area contributed by atoms with Gasteiger partial charge in [-0.05, 0) is 31.0 Å². The lowest BCUT2D eigenvalue weighted by molar-refractivity contribution is -0.123. The molecular weight excluding hydrogens is 252 g/mol. The summed E-state index contributed by atoms with van der Waals surface area (Å²) in [4.78, 5) is 11.5. The first-order valence-corrected chi connectivity index (χ1v) is 6.43. The van der Waals surface area contributed by atoms with E-state index in [0.717, 1.165) is 12.0 Å². The largest absolute Gasteiger partial charge is 0.482 e. The molecule has 0 heterocycles. The first-order chi connectivity index (χ1) is 8.69. The van der Waals surface area contributed by atoms with Crippen LogP contribution in [0.1, 0.15) is 18.9 Å². The van der Waals surface area contributed by atoms with Crippen molar-refractivity contribution in [1.82, 2.24) is 5.32 Å². The van der Waals surface area contributed by atoms with Crippen molar-refractivity contribution in [3.05, 3.63) is 28.8 Å². The highest BCUT2D eigenvalue weighted by atomic mass is 35.5. The van der Waals surface area contributed by atoms with E-state index in [1.165, 1.54) is 0 Å². The van der Waals surface area contributed by atoms with Crippen molar-refractivity contribution in [2.45, 2.75) is 19.8 Å². The quantitative estimate of drug-likeness (QED) is 0.793. The highest BCUT2D eigenvalue weighted by molar-refractivity contribution is 6.32. The Kier molecular flexibility index (Phi) is 6.54. The van der Waals surface area contributed by atoms with Crippen molar-refractivity contribution in [3.63, 3.8) is 0 Å². The van der Waals surface area contributed by atoms with Crippen LogP contribution in [0.2, 0.25) is 5.02 Å². The zero-order valence-electron chi connectivity index (χ0n) is 10.5. The molecule has 5 heteroatoms. The fourth-order valence-electron chi connectivity index (χ4n) is 1.52. The predicted molar refractivity (Wildman–Crippen MR) is 73.0 cm³/mol. The maximum Gasteiger partial charge on any atom is 0.257 e. The third-order valence-electron chi connectivity index (χ3n) is 2.38. The lowest BCUT2D eigenvalue weighted by Gasteiger charge is -2.12. The van der Waals surface area contributed by atoms with Crippen LogP contribution >= 0.6 is 11.6 Å². The van der Waals surface area contributed by atoms with E-state index in [1.807, 2.05) is 19.1 Å². The van der Waals surface area contributed by atoms with Crippen LogP contribution in [-0.2, 0) is 11.2 Å². The summed E-state index contributed by atoms with van der Waals surface area (Å²) in [6.07, 6.45) is 1.57. The molecule has 0 aliphatic rings. The Morgan fingerprint density at radius 2 is 2.28 bits per heavy atom. The molecule has 0 atom stereocenters. The average Bonchev–Trinajstić information content (AvgIpc) is 2.36. The van der Waals surface area contributed by atoms with Gasteiger partial charge in [0.05, 0.1) is 5.02 Å². The summed E-state index contributed by atoms with van der Waals surface area (Å²) in [5.41, 5.74) is 6.45. The Labute approximate surface area is 112 Å². The maximum atomic E-state index is 11.5. The Morgan fingerprint density at radius 3 is 2.94 bits per heavy atom. The number of hydrogen-bond donors (Lipinski definition) is 2. The third kappa shape index (κ3) is 4.55. The van der Waals surface area contributed by atoms with Gasteiger partial charge in [-0.25, -0.2) is 0 Å². The molecule has 0 saturated heterocycles. The Balaban J connectivity index is 2.62. The SMILES string of the molecule is CCCNC(=O)COc1c(Cl)cccc1CCN. The van der Waals surface area contributed by atoms with Crippen molar-refractivity contribution in [1.29, 1.82) is 0 Å². The van der Waals surface area contributed by atoms with E-state index in [4.69, 9.17) is 22.1 Å². The molecule has 100 valence electrons.